The van der Waals surface area contributed by atoms with Crippen LogP contribution in [0.1, 0.15) is 77.8 Å². The van der Waals surface area contributed by atoms with Crippen LogP contribution in [0.3, 0.4) is 0 Å². The summed E-state index contributed by atoms with van der Waals surface area (Å²) in [5.74, 6) is 0.139. The van der Waals surface area contributed by atoms with Gasteiger partial charge in [-0.25, -0.2) is 0 Å². The molecular formula is C22H37O5P. The number of benzene rings is 1. The molecule has 1 aromatic rings. The molecule has 160 valence electrons. The SMILES string of the molecule is CCCCOP(=O)(CCC(=O)Oc1cc(C)ccc1C(C)(C)C)OCCCC. The number of ether oxygens (including phenoxy) is 1. The molecule has 0 amide bonds. The molecule has 0 aliphatic carbocycles. The van der Waals surface area contributed by atoms with Gasteiger partial charge in [0.25, 0.3) is 0 Å². The summed E-state index contributed by atoms with van der Waals surface area (Å²) in [6.07, 6.45) is 3.54. The van der Waals surface area contributed by atoms with Crippen LogP contribution in [0.2, 0.25) is 0 Å². The number of hydrogen-bond donors (Lipinski definition) is 0. The predicted molar refractivity (Wildman–Crippen MR) is 114 cm³/mol. The highest BCUT2D eigenvalue weighted by atomic mass is 31.2. The van der Waals surface area contributed by atoms with Crippen molar-refractivity contribution in [1.29, 1.82) is 0 Å². The van der Waals surface area contributed by atoms with Gasteiger partial charge in [-0.2, -0.15) is 0 Å². The number of rotatable bonds is 12. The Bertz CT molecular complexity index is 649. The molecule has 5 nitrogen and oxygen atoms in total. The third kappa shape index (κ3) is 8.89. The van der Waals surface area contributed by atoms with E-state index in [1.54, 1.807) is 0 Å². The lowest BCUT2D eigenvalue weighted by molar-refractivity contribution is -0.134. The minimum atomic E-state index is -3.29. The third-order valence-electron chi connectivity index (χ3n) is 4.33. The molecule has 0 spiro atoms. The van der Waals surface area contributed by atoms with E-state index in [-0.39, 0.29) is 18.0 Å². The van der Waals surface area contributed by atoms with Crippen LogP contribution in [-0.2, 0) is 23.8 Å². The fraction of sp³-hybridized carbons (Fsp3) is 0.682. The van der Waals surface area contributed by atoms with Crippen LogP contribution in [0.25, 0.3) is 0 Å². The van der Waals surface area contributed by atoms with Crippen molar-refractivity contribution in [1.82, 2.24) is 0 Å². The summed E-state index contributed by atoms with van der Waals surface area (Å²) >= 11 is 0. The van der Waals surface area contributed by atoms with Crippen LogP contribution >= 0.6 is 7.60 Å². The summed E-state index contributed by atoms with van der Waals surface area (Å²) in [5, 5.41) is 0. The molecule has 0 aliphatic heterocycles. The van der Waals surface area contributed by atoms with Crippen molar-refractivity contribution < 1.29 is 23.1 Å². The Balaban J connectivity index is 2.77. The van der Waals surface area contributed by atoms with Crippen LogP contribution < -0.4 is 4.74 Å². The topological polar surface area (TPSA) is 61.8 Å². The zero-order valence-corrected chi connectivity index (χ0v) is 19.3. The van der Waals surface area contributed by atoms with E-state index in [1.165, 1.54) is 0 Å². The average molecular weight is 413 g/mol. The fourth-order valence-electron chi connectivity index (χ4n) is 2.60. The molecule has 1 rings (SSSR count). The molecule has 0 heterocycles. The maximum Gasteiger partial charge on any atom is 0.331 e. The highest BCUT2D eigenvalue weighted by molar-refractivity contribution is 7.53. The van der Waals surface area contributed by atoms with Crippen molar-refractivity contribution in [2.45, 2.75) is 79.1 Å². The van der Waals surface area contributed by atoms with E-state index < -0.39 is 13.6 Å². The summed E-state index contributed by atoms with van der Waals surface area (Å²) in [7, 11) is -3.29. The minimum Gasteiger partial charge on any atom is -0.426 e. The van der Waals surface area contributed by atoms with Gasteiger partial charge in [-0.05, 0) is 36.8 Å². The van der Waals surface area contributed by atoms with E-state index in [0.29, 0.717) is 19.0 Å². The smallest absolute Gasteiger partial charge is 0.331 e. The molecule has 1 aromatic carbocycles. The van der Waals surface area contributed by atoms with E-state index in [2.05, 4.69) is 20.8 Å². The second-order valence-electron chi connectivity index (χ2n) is 8.18. The van der Waals surface area contributed by atoms with Crippen molar-refractivity contribution in [2.75, 3.05) is 19.4 Å². The van der Waals surface area contributed by atoms with Gasteiger partial charge in [0.05, 0.1) is 25.8 Å². The van der Waals surface area contributed by atoms with E-state index in [9.17, 15) is 9.36 Å². The van der Waals surface area contributed by atoms with Crippen molar-refractivity contribution in [2.24, 2.45) is 0 Å². The first kappa shape index (κ1) is 24.9. The molecule has 0 bridgehead atoms. The van der Waals surface area contributed by atoms with Gasteiger partial charge in [-0.3, -0.25) is 9.36 Å². The van der Waals surface area contributed by atoms with E-state index in [4.69, 9.17) is 13.8 Å². The zero-order valence-electron chi connectivity index (χ0n) is 18.4. The van der Waals surface area contributed by atoms with Gasteiger partial charge in [0, 0.05) is 5.56 Å². The molecule has 0 unspecified atom stereocenters. The van der Waals surface area contributed by atoms with Crippen molar-refractivity contribution in [3.8, 4) is 5.75 Å². The molecule has 0 aliphatic rings. The minimum absolute atomic E-state index is 0.00689. The number of esters is 1. The molecule has 6 heteroatoms. The Morgan fingerprint density at radius 2 is 1.61 bits per heavy atom. The molecule has 0 fully saturated rings. The Hall–Kier alpha value is -1.16. The van der Waals surface area contributed by atoms with E-state index >= 15 is 0 Å². The zero-order chi connectivity index (χ0) is 21.2. The van der Waals surface area contributed by atoms with Gasteiger partial charge in [0.2, 0.25) is 0 Å². The van der Waals surface area contributed by atoms with Crippen molar-refractivity contribution in [3.63, 3.8) is 0 Å². The van der Waals surface area contributed by atoms with Crippen LogP contribution in [-0.4, -0.2) is 25.3 Å². The average Bonchev–Trinajstić information content (AvgIpc) is 2.60. The number of aryl methyl sites for hydroxylation is 1. The van der Waals surface area contributed by atoms with Gasteiger partial charge in [-0.1, -0.05) is 59.6 Å². The molecule has 28 heavy (non-hydrogen) atoms. The van der Waals surface area contributed by atoms with Gasteiger partial charge in [0.15, 0.2) is 0 Å². The van der Waals surface area contributed by atoms with Gasteiger partial charge >= 0.3 is 13.6 Å². The first-order valence-corrected chi connectivity index (χ1v) is 12.0. The van der Waals surface area contributed by atoms with Gasteiger partial charge < -0.3 is 13.8 Å². The second-order valence-corrected chi connectivity index (χ2v) is 10.4. The maximum atomic E-state index is 12.9. The predicted octanol–water partition coefficient (Wildman–Crippen LogP) is 6.41. The highest BCUT2D eigenvalue weighted by Crippen LogP contribution is 2.49. The Labute approximate surface area is 170 Å². The Morgan fingerprint density at radius 3 is 2.11 bits per heavy atom. The maximum absolute atomic E-state index is 12.9. The summed E-state index contributed by atoms with van der Waals surface area (Å²) in [6, 6.07) is 5.87. The number of carbonyl (C=O) groups is 1. The van der Waals surface area contributed by atoms with E-state index in [1.807, 2.05) is 39.0 Å². The third-order valence-corrected chi connectivity index (χ3v) is 6.25. The van der Waals surface area contributed by atoms with Crippen molar-refractivity contribution in [3.05, 3.63) is 29.3 Å². The first-order chi connectivity index (χ1) is 13.1. The second kappa shape index (κ2) is 11.7. The summed E-state index contributed by atoms with van der Waals surface area (Å²) < 4.78 is 29.7. The summed E-state index contributed by atoms with van der Waals surface area (Å²) in [4.78, 5) is 12.5. The van der Waals surface area contributed by atoms with E-state index in [0.717, 1.165) is 36.8 Å². The first-order valence-electron chi connectivity index (χ1n) is 10.3. The van der Waals surface area contributed by atoms with Gasteiger partial charge in [0.1, 0.15) is 5.75 Å². The lowest BCUT2D eigenvalue weighted by Gasteiger charge is -2.23. The highest BCUT2D eigenvalue weighted by Gasteiger charge is 2.27. The Kier molecular flexibility index (Phi) is 10.4. The van der Waals surface area contributed by atoms with Crippen LogP contribution in [0.5, 0.6) is 5.75 Å². The van der Waals surface area contributed by atoms with Crippen LogP contribution in [0.4, 0.5) is 0 Å². The number of unbranched alkanes of at least 4 members (excludes halogenated alkanes) is 2. The summed E-state index contributed by atoms with van der Waals surface area (Å²) in [5.41, 5.74) is 1.84. The van der Waals surface area contributed by atoms with Crippen LogP contribution in [0.15, 0.2) is 18.2 Å². The van der Waals surface area contributed by atoms with Crippen LogP contribution in [0, 0.1) is 6.92 Å². The van der Waals surface area contributed by atoms with Gasteiger partial charge in [-0.15, -0.1) is 0 Å². The monoisotopic (exact) mass is 412 g/mol. The quantitative estimate of drug-likeness (QED) is 0.172. The fourth-order valence-corrected chi connectivity index (χ4v) is 4.20. The number of hydrogen-bond acceptors (Lipinski definition) is 5. The molecule has 0 N–H and O–H groups in total. The molecule has 0 saturated heterocycles. The Morgan fingerprint density at radius 1 is 1.04 bits per heavy atom. The largest absolute Gasteiger partial charge is 0.426 e. The lowest BCUT2D eigenvalue weighted by atomic mass is 9.86. The summed E-state index contributed by atoms with van der Waals surface area (Å²) in [6.45, 7) is 13.0. The molecule has 0 radical (unpaired) electrons. The molecule has 0 atom stereocenters. The molecule has 0 aromatic heterocycles. The number of carbonyl (C=O) groups excluding carboxylic acids is 1. The normalized spacial score (nSPS) is 12.2. The molecule has 0 saturated carbocycles. The molecular weight excluding hydrogens is 375 g/mol. The van der Waals surface area contributed by atoms with Crippen molar-refractivity contribution >= 4 is 13.6 Å². The lowest BCUT2D eigenvalue weighted by Crippen LogP contribution is -2.17. The standard InChI is InChI=1S/C22H37O5P/c1-7-9-14-25-28(24,26-15-10-8-2)16-13-21(23)27-20-17-18(3)11-12-19(20)22(4,5)6/h11-12,17H,7-10,13-16H2,1-6H3.